The van der Waals surface area contributed by atoms with E-state index in [2.05, 4.69) is 0 Å². The van der Waals surface area contributed by atoms with Crippen LogP contribution in [-0.4, -0.2) is 34.4 Å². The molecule has 0 bridgehead atoms. The maximum atomic E-state index is 13.6. The molecule has 218 valence electrons. The summed E-state index contributed by atoms with van der Waals surface area (Å²) in [6.45, 7) is 4.81. The number of hydrogen-bond acceptors (Lipinski definition) is 6. The van der Waals surface area contributed by atoms with Crippen LogP contribution in [0.15, 0.2) is 103 Å². The lowest BCUT2D eigenvalue weighted by Crippen LogP contribution is -2.29. The molecular weight excluding hydrogens is 542 g/mol. The van der Waals surface area contributed by atoms with E-state index in [0.717, 1.165) is 22.4 Å². The first-order valence-corrected chi connectivity index (χ1v) is 14.5. The second kappa shape index (κ2) is 12.1. The summed E-state index contributed by atoms with van der Waals surface area (Å²) in [7, 11) is 0. The van der Waals surface area contributed by atoms with Crippen molar-refractivity contribution in [3.05, 3.63) is 130 Å². The zero-order valence-corrected chi connectivity index (χ0v) is 24.2. The molecule has 0 spiro atoms. The molecule has 1 amide bonds. The number of fused-ring (bicyclic) bond motifs is 1. The number of rotatable bonds is 9. The largest absolute Gasteiger partial charge is 0.507 e. The molecule has 7 heteroatoms. The number of nitrogens with zero attached hydrogens (tertiary/aromatic N) is 1. The van der Waals surface area contributed by atoms with Crippen LogP contribution in [0.3, 0.4) is 0 Å². The summed E-state index contributed by atoms with van der Waals surface area (Å²) in [4.78, 5) is 28.7. The van der Waals surface area contributed by atoms with Gasteiger partial charge in [0.05, 0.1) is 18.2 Å². The molecule has 0 aromatic heterocycles. The third kappa shape index (κ3) is 5.71. The Labute approximate surface area is 250 Å². The molecule has 2 atom stereocenters. The number of Topliss-reactive ketones (excluding diaryl/α,β-unsaturated/α-hetero) is 1. The van der Waals surface area contributed by atoms with Crippen LogP contribution in [0.1, 0.15) is 47.7 Å². The van der Waals surface area contributed by atoms with Crippen molar-refractivity contribution >= 4 is 17.4 Å². The summed E-state index contributed by atoms with van der Waals surface area (Å²) < 4.78 is 17.9. The Morgan fingerprint density at radius 1 is 0.884 bits per heavy atom. The van der Waals surface area contributed by atoms with Gasteiger partial charge in [-0.05, 0) is 66.4 Å². The number of ether oxygens (including phenoxy) is 3. The minimum Gasteiger partial charge on any atom is -0.507 e. The van der Waals surface area contributed by atoms with Gasteiger partial charge in [0, 0.05) is 18.5 Å². The number of carbonyl (C=O) groups excluding carboxylic acids is 2. The number of carbonyl (C=O) groups is 2. The fourth-order valence-electron chi connectivity index (χ4n) is 5.71. The first-order chi connectivity index (χ1) is 20.9. The maximum absolute atomic E-state index is 13.6. The number of amides is 1. The minimum absolute atomic E-state index is 0.0310. The summed E-state index contributed by atoms with van der Waals surface area (Å²) in [6, 6.07) is 29.2. The van der Waals surface area contributed by atoms with Crippen molar-refractivity contribution in [2.45, 2.75) is 45.6 Å². The molecule has 1 fully saturated rings. The zero-order chi connectivity index (χ0) is 29.9. The van der Waals surface area contributed by atoms with Gasteiger partial charge in [-0.25, -0.2) is 0 Å². The van der Waals surface area contributed by atoms with Gasteiger partial charge in [-0.1, -0.05) is 66.7 Å². The first kappa shape index (κ1) is 28.1. The highest BCUT2D eigenvalue weighted by Crippen LogP contribution is 2.43. The smallest absolute Gasteiger partial charge is 0.295 e. The third-order valence-corrected chi connectivity index (χ3v) is 7.73. The molecule has 2 aliphatic heterocycles. The molecule has 43 heavy (non-hydrogen) atoms. The van der Waals surface area contributed by atoms with Crippen LogP contribution in [0, 0.1) is 0 Å². The molecule has 0 radical (unpaired) electrons. The molecular formula is C36H33NO6. The fourth-order valence-corrected chi connectivity index (χ4v) is 5.71. The molecule has 7 nitrogen and oxygen atoms in total. The van der Waals surface area contributed by atoms with Gasteiger partial charge >= 0.3 is 0 Å². The quantitative estimate of drug-likeness (QED) is 0.137. The molecule has 6 rings (SSSR count). The van der Waals surface area contributed by atoms with Crippen molar-refractivity contribution in [2.24, 2.45) is 0 Å². The summed E-state index contributed by atoms with van der Waals surface area (Å²) >= 11 is 0. The normalized spacial score (nSPS) is 18.8. The van der Waals surface area contributed by atoms with Crippen LogP contribution >= 0.6 is 0 Å². The van der Waals surface area contributed by atoms with Gasteiger partial charge in [0.2, 0.25) is 0 Å². The average Bonchev–Trinajstić information content (AvgIpc) is 3.52. The molecule has 1 N–H and O–H groups in total. The van der Waals surface area contributed by atoms with E-state index in [-0.39, 0.29) is 24.0 Å². The van der Waals surface area contributed by atoms with Gasteiger partial charge < -0.3 is 24.2 Å². The Hall–Kier alpha value is -5.04. The number of hydrogen-bond donors (Lipinski definition) is 1. The zero-order valence-electron chi connectivity index (χ0n) is 24.2. The number of aliphatic hydroxyl groups is 1. The molecule has 0 unspecified atom stereocenters. The van der Waals surface area contributed by atoms with Gasteiger partial charge in [0.1, 0.15) is 24.2 Å². The number of ketones is 1. The molecule has 2 heterocycles. The van der Waals surface area contributed by atoms with Crippen LogP contribution < -0.4 is 14.2 Å². The van der Waals surface area contributed by atoms with Crippen molar-refractivity contribution in [3.8, 4) is 17.2 Å². The van der Waals surface area contributed by atoms with Crippen molar-refractivity contribution in [1.29, 1.82) is 0 Å². The standard InChI is InChI=1S/C36H33NO6/c1-3-41-31-20-26(14-17-30(31)42-22-25-12-8-5-9-13-25)33-32(34(38)27-15-16-29-28(19-27)18-23(2)43-29)35(39)36(40)37(33)21-24-10-6-4-7-11-24/h4-17,19-20,23,33,38H,3,18,21-22H2,1-2H3/b34-32+/t23-,33-/m0/s1. The van der Waals surface area contributed by atoms with Crippen molar-refractivity contribution in [1.82, 2.24) is 4.90 Å². The molecule has 4 aromatic carbocycles. The Morgan fingerprint density at radius 2 is 1.60 bits per heavy atom. The van der Waals surface area contributed by atoms with E-state index >= 15 is 0 Å². The molecule has 0 aliphatic carbocycles. The monoisotopic (exact) mass is 575 g/mol. The Bertz CT molecular complexity index is 1680. The highest BCUT2D eigenvalue weighted by Gasteiger charge is 2.46. The number of aliphatic hydroxyl groups excluding tert-OH is 1. The van der Waals surface area contributed by atoms with E-state index in [9.17, 15) is 14.7 Å². The van der Waals surface area contributed by atoms with E-state index in [1.165, 1.54) is 4.90 Å². The predicted octanol–water partition coefficient (Wildman–Crippen LogP) is 6.61. The van der Waals surface area contributed by atoms with E-state index in [1.54, 1.807) is 24.3 Å². The topological polar surface area (TPSA) is 85.3 Å². The summed E-state index contributed by atoms with van der Waals surface area (Å²) in [5, 5.41) is 11.6. The lowest BCUT2D eigenvalue weighted by atomic mass is 9.94. The predicted molar refractivity (Wildman–Crippen MR) is 163 cm³/mol. The van der Waals surface area contributed by atoms with Crippen molar-refractivity contribution < 1.29 is 28.9 Å². The highest BCUT2D eigenvalue weighted by molar-refractivity contribution is 6.46. The Morgan fingerprint density at radius 3 is 2.33 bits per heavy atom. The second-order valence-corrected chi connectivity index (χ2v) is 10.8. The van der Waals surface area contributed by atoms with E-state index < -0.39 is 17.7 Å². The van der Waals surface area contributed by atoms with Crippen LogP contribution in [-0.2, 0) is 29.2 Å². The summed E-state index contributed by atoms with van der Waals surface area (Å²) in [5.74, 6) is 0.176. The Balaban J connectivity index is 1.43. The van der Waals surface area contributed by atoms with E-state index in [4.69, 9.17) is 14.2 Å². The highest BCUT2D eigenvalue weighted by atomic mass is 16.5. The van der Waals surface area contributed by atoms with E-state index in [0.29, 0.717) is 42.3 Å². The first-order valence-electron chi connectivity index (χ1n) is 14.5. The van der Waals surface area contributed by atoms with Crippen molar-refractivity contribution in [2.75, 3.05) is 6.61 Å². The third-order valence-electron chi connectivity index (χ3n) is 7.73. The van der Waals surface area contributed by atoms with Gasteiger partial charge in [0.15, 0.2) is 11.5 Å². The second-order valence-electron chi connectivity index (χ2n) is 10.8. The maximum Gasteiger partial charge on any atom is 0.295 e. The lowest BCUT2D eigenvalue weighted by Gasteiger charge is -2.26. The van der Waals surface area contributed by atoms with Gasteiger partial charge in [-0.15, -0.1) is 0 Å². The lowest BCUT2D eigenvalue weighted by molar-refractivity contribution is -0.140. The van der Waals surface area contributed by atoms with Crippen LogP contribution in [0.4, 0.5) is 0 Å². The minimum atomic E-state index is -0.842. The SMILES string of the molecule is CCOc1cc([C@H]2/C(=C(\O)c3ccc4c(c3)C[C@H](C)O4)C(=O)C(=O)N2Cc2ccccc2)ccc1OCc1ccccc1. The van der Waals surface area contributed by atoms with Crippen molar-refractivity contribution in [3.63, 3.8) is 0 Å². The number of benzene rings is 4. The molecule has 1 saturated heterocycles. The molecule has 0 saturated carbocycles. The van der Waals surface area contributed by atoms with Crippen LogP contribution in [0.25, 0.3) is 5.76 Å². The molecule has 4 aromatic rings. The Kier molecular flexibility index (Phi) is 7.88. The molecule has 2 aliphatic rings. The van der Waals surface area contributed by atoms with Gasteiger partial charge in [-0.3, -0.25) is 9.59 Å². The summed E-state index contributed by atoms with van der Waals surface area (Å²) in [5.41, 5.74) is 3.96. The van der Waals surface area contributed by atoms with Crippen LogP contribution in [0.5, 0.6) is 17.2 Å². The number of likely N-dealkylation sites (tertiary alicyclic amines) is 1. The van der Waals surface area contributed by atoms with Gasteiger partial charge in [0.25, 0.3) is 11.7 Å². The van der Waals surface area contributed by atoms with Crippen LogP contribution in [0.2, 0.25) is 0 Å². The van der Waals surface area contributed by atoms with E-state index in [1.807, 2.05) is 86.6 Å². The summed E-state index contributed by atoms with van der Waals surface area (Å²) in [6.07, 6.45) is 0.730. The average molecular weight is 576 g/mol. The van der Waals surface area contributed by atoms with Gasteiger partial charge in [-0.2, -0.15) is 0 Å². The fraction of sp³-hybridized carbons (Fsp3) is 0.222.